The minimum Gasteiger partial charge on any atom is -0.507 e. The highest BCUT2D eigenvalue weighted by molar-refractivity contribution is 6.46. The van der Waals surface area contributed by atoms with Gasteiger partial charge in [0.2, 0.25) is 0 Å². The van der Waals surface area contributed by atoms with Crippen molar-refractivity contribution in [2.45, 2.75) is 26.4 Å². The maximum absolute atomic E-state index is 13.4. The lowest BCUT2D eigenvalue weighted by molar-refractivity contribution is -0.140. The van der Waals surface area contributed by atoms with Crippen LogP contribution in [0.3, 0.4) is 0 Å². The van der Waals surface area contributed by atoms with Crippen molar-refractivity contribution in [3.05, 3.63) is 131 Å². The number of amides is 1. The Morgan fingerprint density at radius 3 is 2.46 bits per heavy atom. The summed E-state index contributed by atoms with van der Waals surface area (Å²) < 4.78 is 6.02. The first-order valence-electron chi connectivity index (χ1n) is 12.0. The number of ether oxygens (including phenoxy) is 1. The average molecular weight is 491 g/mol. The normalized spacial score (nSPS) is 16.7. The topological polar surface area (TPSA) is 79.7 Å². The molecular weight excluding hydrogens is 464 g/mol. The van der Waals surface area contributed by atoms with Crippen LogP contribution in [0.2, 0.25) is 0 Å². The van der Waals surface area contributed by atoms with E-state index in [9.17, 15) is 14.7 Å². The van der Waals surface area contributed by atoms with Gasteiger partial charge in [-0.3, -0.25) is 14.6 Å². The van der Waals surface area contributed by atoms with E-state index in [0.717, 1.165) is 16.7 Å². The van der Waals surface area contributed by atoms with Crippen molar-refractivity contribution < 1.29 is 19.4 Å². The third-order valence-electron chi connectivity index (χ3n) is 6.42. The van der Waals surface area contributed by atoms with Gasteiger partial charge in [0.05, 0.1) is 11.6 Å². The zero-order valence-electron chi connectivity index (χ0n) is 20.6. The molecule has 1 saturated heterocycles. The van der Waals surface area contributed by atoms with Crippen molar-refractivity contribution in [2.75, 3.05) is 0 Å². The van der Waals surface area contributed by atoms with Crippen molar-refractivity contribution in [3.63, 3.8) is 0 Å². The molecule has 6 nitrogen and oxygen atoms in total. The average Bonchev–Trinajstić information content (AvgIpc) is 3.16. The smallest absolute Gasteiger partial charge is 0.295 e. The molecule has 37 heavy (non-hydrogen) atoms. The Morgan fingerprint density at radius 1 is 0.919 bits per heavy atom. The van der Waals surface area contributed by atoms with Crippen LogP contribution in [0.1, 0.15) is 33.9 Å². The molecule has 1 N–H and O–H groups in total. The Bertz CT molecular complexity index is 1500. The molecule has 1 aliphatic rings. The summed E-state index contributed by atoms with van der Waals surface area (Å²) in [6.07, 6.45) is 3.32. The van der Waals surface area contributed by atoms with Crippen LogP contribution >= 0.6 is 0 Å². The fraction of sp³-hybridized carbons (Fsp3) is 0.129. The summed E-state index contributed by atoms with van der Waals surface area (Å²) in [5.41, 5.74) is 3.76. The van der Waals surface area contributed by atoms with Crippen LogP contribution in [0.25, 0.3) is 5.76 Å². The SMILES string of the molecule is Cc1ccc(C)c(/C(O)=C2\C(=O)C(=O)N(Cc3cccnc3)C2c2cccc(Oc3ccccc3)c2)c1. The van der Waals surface area contributed by atoms with Crippen molar-refractivity contribution >= 4 is 17.4 Å². The molecule has 0 saturated carbocycles. The quantitative estimate of drug-likeness (QED) is 0.200. The number of aliphatic hydroxyl groups is 1. The fourth-order valence-corrected chi connectivity index (χ4v) is 4.59. The highest BCUT2D eigenvalue weighted by Gasteiger charge is 2.46. The van der Waals surface area contributed by atoms with Gasteiger partial charge in [-0.05, 0) is 66.9 Å². The number of aliphatic hydroxyl groups excluding tert-OH is 1. The molecule has 0 spiro atoms. The van der Waals surface area contributed by atoms with E-state index in [-0.39, 0.29) is 17.9 Å². The first-order valence-corrected chi connectivity index (χ1v) is 12.0. The summed E-state index contributed by atoms with van der Waals surface area (Å²) in [5, 5.41) is 11.5. The van der Waals surface area contributed by atoms with E-state index in [1.54, 1.807) is 24.5 Å². The zero-order chi connectivity index (χ0) is 25.9. The van der Waals surface area contributed by atoms with E-state index >= 15 is 0 Å². The third kappa shape index (κ3) is 4.86. The molecule has 1 amide bonds. The number of carbonyl (C=O) groups excluding carboxylic acids is 2. The van der Waals surface area contributed by atoms with Crippen LogP contribution < -0.4 is 4.74 Å². The molecule has 6 heteroatoms. The zero-order valence-corrected chi connectivity index (χ0v) is 20.6. The van der Waals surface area contributed by atoms with Gasteiger partial charge in [-0.25, -0.2) is 0 Å². The molecule has 1 aliphatic heterocycles. The Hall–Kier alpha value is -4.71. The number of carbonyl (C=O) groups is 2. The van der Waals surface area contributed by atoms with Gasteiger partial charge in [0.15, 0.2) is 0 Å². The number of para-hydroxylation sites is 1. The van der Waals surface area contributed by atoms with E-state index in [1.807, 2.05) is 86.6 Å². The Balaban J connectivity index is 1.64. The number of hydrogen-bond acceptors (Lipinski definition) is 5. The van der Waals surface area contributed by atoms with E-state index in [0.29, 0.717) is 22.6 Å². The summed E-state index contributed by atoms with van der Waals surface area (Å²) in [5.74, 6) is -0.355. The summed E-state index contributed by atoms with van der Waals surface area (Å²) in [6, 6.07) is 25.1. The second-order valence-electron chi connectivity index (χ2n) is 9.09. The van der Waals surface area contributed by atoms with Crippen LogP contribution in [0, 0.1) is 13.8 Å². The minimum absolute atomic E-state index is 0.0550. The van der Waals surface area contributed by atoms with E-state index < -0.39 is 17.7 Å². The Labute approximate surface area is 215 Å². The molecular formula is C31H26N2O4. The first-order chi connectivity index (χ1) is 17.9. The second kappa shape index (κ2) is 10.1. The van der Waals surface area contributed by atoms with Gasteiger partial charge in [0.25, 0.3) is 11.7 Å². The lowest BCUT2D eigenvalue weighted by atomic mass is 9.93. The number of benzene rings is 3. The number of aryl methyl sites for hydroxylation is 2. The molecule has 4 aromatic rings. The molecule has 0 radical (unpaired) electrons. The van der Waals surface area contributed by atoms with Gasteiger partial charge in [-0.1, -0.05) is 54.1 Å². The second-order valence-corrected chi connectivity index (χ2v) is 9.09. The van der Waals surface area contributed by atoms with Gasteiger partial charge < -0.3 is 14.7 Å². The van der Waals surface area contributed by atoms with E-state index in [1.165, 1.54) is 4.90 Å². The number of ketones is 1. The molecule has 184 valence electrons. The van der Waals surface area contributed by atoms with E-state index in [2.05, 4.69) is 4.98 Å². The predicted octanol–water partition coefficient (Wildman–Crippen LogP) is 6.11. The third-order valence-corrected chi connectivity index (χ3v) is 6.42. The standard InChI is InChI=1S/C31H26N2O4/c1-20-13-14-21(2)26(16-20)29(34)27-28(33(31(36)30(27)35)19-22-8-7-15-32-18-22)23-9-6-12-25(17-23)37-24-10-4-3-5-11-24/h3-18,28,34H,19H2,1-2H3/b29-27+. The lowest BCUT2D eigenvalue weighted by Gasteiger charge is -2.26. The number of pyridine rings is 1. The van der Waals surface area contributed by atoms with Crippen LogP contribution in [0.4, 0.5) is 0 Å². The van der Waals surface area contributed by atoms with Gasteiger partial charge in [0.1, 0.15) is 17.3 Å². The maximum atomic E-state index is 13.4. The molecule has 0 aliphatic carbocycles. The lowest BCUT2D eigenvalue weighted by Crippen LogP contribution is -2.29. The molecule has 1 unspecified atom stereocenters. The van der Waals surface area contributed by atoms with Gasteiger partial charge in [0, 0.05) is 24.5 Å². The minimum atomic E-state index is -0.806. The molecule has 0 bridgehead atoms. The Kier molecular flexibility index (Phi) is 6.56. The number of hydrogen-bond donors (Lipinski definition) is 1. The number of likely N-dealkylation sites (tertiary alicyclic amines) is 1. The van der Waals surface area contributed by atoms with Gasteiger partial charge in [-0.15, -0.1) is 0 Å². The highest BCUT2D eigenvalue weighted by Crippen LogP contribution is 2.42. The van der Waals surface area contributed by atoms with Gasteiger partial charge in [-0.2, -0.15) is 0 Å². The van der Waals surface area contributed by atoms with Crippen LogP contribution in [0.15, 0.2) is 103 Å². The van der Waals surface area contributed by atoms with Crippen LogP contribution in [-0.2, 0) is 16.1 Å². The summed E-state index contributed by atoms with van der Waals surface area (Å²) >= 11 is 0. The van der Waals surface area contributed by atoms with Gasteiger partial charge >= 0.3 is 0 Å². The van der Waals surface area contributed by atoms with Crippen molar-refractivity contribution in [1.82, 2.24) is 9.88 Å². The first kappa shape index (κ1) is 24.0. The number of rotatable bonds is 6. The van der Waals surface area contributed by atoms with Crippen LogP contribution in [-0.4, -0.2) is 26.7 Å². The molecule has 5 rings (SSSR count). The number of Topliss-reactive ketones (excluding diaryl/α,β-unsaturated/α-hetero) is 1. The molecule has 1 fully saturated rings. The largest absolute Gasteiger partial charge is 0.507 e. The summed E-state index contributed by atoms with van der Waals surface area (Å²) in [6.45, 7) is 3.94. The fourth-order valence-electron chi connectivity index (χ4n) is 4.59. The predicted molar refractivity (Wildman–Crippen MR) is 141 cm³/mol. The van der Waals surface area contributed by atoms with Crippen molar-refractivity contribution in [2.24, 2.45) is 0 Å². The summed E-state index contributed by atoms with van der Waals surface area (Å²) in [4.78, 5) is 32.4. The number of aromatic nitrogens is 1. The van der Waals surface area contributed by atoms with Crippen LogP contribution in [0.5, 0.6) is 11.5 Å². The molecule has 1 aromatic heterocycles. The highest BCUT2D eigenvalue weighted by atomic mass is 16.5. The maximum Gasteiger partial charge on any atom is 0.295 e. The number of nitrogens with zero attached hydrogens (tertiary/aromatic N) is 2. The van der Waals surface area contributed by atoms with Crippen molar-refractivity contribution in [1.29, 1.82) is 0 Å². The van der Waals surface area contributed by atoms with E-state index in [4.69, 9.17) is 4.74 Å². The molecule has 1 atom stereocenters. The molecule has 3 aromatic carbocycles. The van der Waals surface area contributed by atoms with Crippen molar-refractivity contribution in [3.8, 4) is 11.5 Å². The monoisotopic (exact) mass is 490 g/mol. The Morgan fingerprint density at radius 2 is 1.70 bits per heavy atom. The molecule has 2 heterocycles. The summed E-state index contributed by atoms with van der Waals surface area (Å²) in [7, 11) is 0.